The normalized spacial score (nSPS) is 11.0. The fraction of sp³-hybridized carbons (Fsp3) is 0.387. The molecule has 8 nitrogen and oxygen atoms in total. The smallest absolute Gasteiger partial charge is 0.426 e. The Hall–Kier alpha value is -3.69. The number of rotatable bonds is 9. The van der Waals surface area contributed by atoms with Crippen LogP contribution in [0.2, 0.25) is 0 Å². The lowest BCUT2D eigenvalue weighted by Gasteiger charge is -2.17. The highest BCUT2D eigenvalue weighted by molar-refractivity contribution is 6.43. The van der Waals surface area contributed by atoms with Crippen molar-refractivity contribution in [3.8, 4) is 0 Å². The summed E-state index contributed by atoms with van der Waals surface area (Å²) < 4.78 is 0. The molecule has 0 radical (unpaired) electrons. The Morgan fingerprint density at radius 2 is 1.57 bits per heavy atom. The molecule has 2 aromatic rings. The van der Waals surface area contributed by atoms with Crippen molar-refractivity contribution in [3.63, 3.8) is 0 Å². The van der Waals surface area contributed by atoms with Crippen LogP contribution in [0.15, 0.2) is 72.8 Å². The largest absolute Gasteiger partial charge is 0.475 e. The van der Waals surface area contributed by atoms with Crippen LogP contribution in [0, 0.1) is 0 Å². The third-order valence-corrected chi connectivity index (χ3v) is 5.20. The molecule has 40 heavy (non-hydrogen) atoms. The summed E-state index contributed by atoms with van der Waals surface area (Å²) in [6, 6.07) is 17.4. The number of fused-ring (bicyclic) bond motifs is 1. The van der Waals surface area contributed by atoms with Crippen LogP contribution in [0.3, 0.4) is 0 Å². The van der Waals surface area contributed by atoms with E-state index in [-0.39, 0.29) is 12.5 Å². The fourth-order valence-electron chi connectivity index (χ4n) is 3.53. The molecule has 3 rings (SSSR count). The standard InChI is InChI=1S/C13H15NO.C11H15BN2O4.C3H6.2C2H6/c1-3-14-13(15)12-8-10-6-4-5-7-11(10)9(12)2;15-8-13-7-11(16)14-10(12(17)18)6-9-4-2-1-3-5-9;1-3-2;2*1-2/h4-7H,3,8H2,1-2H3,(H,14,15);1-5,8,10,17-18H,6-7H2,(H,13,15)(H,14,16);3H,1H2,2H3;2*1-2H3/t;10-;;;/m.0.../s1. The van der Waals surface area contributed by atoms with E-state index in [1.807, 2.05) is 90.9 Å². The van der Waals surface area contributed by atoms with E-state index in [9.17, 15) is 24.4 Å². The van der Waals surface area contributed by atoms with Crippen LogP contribution < -0.4 is 16.0 Å². The average molecular weight is 554 g/mol. The van der Waals surface area contributed by atoms with E-state index in [1.165, 1.54) is 11.1 Å². The molecule has 5 N–H and O–H groups in total. The molecule has 0 aromatic heterocycles. The molecular formula is C31H48BN3O5. The van der Waals surface area contributed by atoms with Gasteiger partial charge in [-0.25, -0.2) is 0 Å². The zero-order valence-electron chi connectivity index (χ0n) is 25.2. The van der Waals surface area contributed by atoms with Gasteiger partial charge in [-0.2, -0.15) is 0 Å². The Morgan fingerprint density at radius 3 is 2.08 bits per heavy atom. The van der Waals surface area contributed by atoms with Crippen LogP contribution in [-0.2, 0) is 27.2 Å². The van der Waals surface area contributed by atoms with Crippen molar-refractivity contribution in [1.82, 2.24) is 16.0 Å². The topological polar surface area (TPSA) is 128 Å². The van der Waals surface area contributed by atoms with Crippen LogP contribution >= 0.6 is 0 Å². The molecule has 1 atom stereocenters. The first-order valence-corrected chi connectivity index (χ1v) is 13.8. The van der Waals surface area contributed by atoms with Crippen LogP contribution in [0.1, 0.15) is 65.2 Å². The van der Waals surface area contributed by atoms with E-state index < -0.39 is 19.0 Å². The van der Waals surface area contributed by atoms with E-state index in [1.54, 1.807) is 6.08 Å². The number of allylic oxidation sites excluding steroid dienone is 2. The molecule has 0 aliphatic heterocycles. The second-order valence-corrected chi connectivity index (χ2v) is 7.98. The number of carbonyl (C=O) groups excluding carboxylic acids is 3. The number of likely N-dealkylation sites (N-methyl/N-ethyl adjacent to an activating group) is 1. The number of nitrogens with one attached hydrogen (secondary N) is 3. The van der Waals surface area contributed by atoms with Gasteiger partial charge in [0.15, 0.2) is 0 Å². The van der Waals surface area contributed by atoms with Crippen LogP contribution in [-0.4, -0.2) is 54.4 Å². The van der Waals surface area contributed by atoms with Gasteiger partial charge >= 0.3 is 7.12 Å². The molecular weight excluding hydrogens is 505 g/mol. The van der Waals surface area contributed by atoms with E-state index >= 15 is 0 Å². The molecule has 0 heterocycles. The number of amides is 3. The van der Waals surface area contributed by atoms with E-state index in [2.05, 4.69) is 34.7 Å². The number of hydrogen-bond acceptors (Lipinski definition) is 5. The SMILES string of the molecule is C=CC.CC.CC.CCNC(=O)C1=C(C)c2ccccc2C1.O=CNCC(=O)N[C@@H](Cc1ccccc1)B(O)O. The number of carbonyl (C=O) groups is 3. The Morgan fingerprint density at radius 1 is 1.02 bits per heavy atom. The fourth-order valence-corrected chi connectivity index (χ4v) is 3.53. The van der Waals surface area contributed by atoms with Crippen molar-refractivity contribution in [3.05, 3.63) is 89.5 Å². The Kier molecular flexibility index (Phi) is 23.4. The van der Waals surface area contributed by atoms with Gasteiger partial charge in [-0.05, 0) is 49.5 Å². The molecule has 0 unspecified atom stereocenters. The Labute approximate surface area is 241 Å². The molecule has 220 valence electrons. The summed E-state index contributed by atoms with van der Waals surface area (Å²) in [4.78, 5) is 33.1. The quantitative estimate of drug-likeness (QED) is 0.183. The first-order chi connectivity index (χ1) is 19.3. The Balaban J connectivity index is 0. The first kappa shape index (κ1) is 38.5. The van der Waals surface area contributed by atoms with Crippen molar-refractivity contribution in [1.29, 1.82) is 0 Å². The van der Waals surface area contributed by atoms with Crippen LogP contribution in [0.5, 0.6) is 0 Å². The molecule has 1 aliphatic rings. The molecule has 0 saturated heterocycles. The summed E-state index contributed by atoms with van der Waals surface area (Å²) in [5.74, 6) is -1.21. The predicted octanol–water partition coefficient (Wildman–Crippen LogP) is 3.87. The van der Waals surface area contributed by atoms with Crippen molar-refractivity contribution < 1.29 is 24.4 Å². The lowest BCUT2D eigenvalue weighted by molar-refractivity contribution is -0.122. The van der Waals surface area contributed by atoms with Crippen molar-refractivity contribution >= 4 is 30.9 Å². The molecule has 1 aliphatic carbocycles. The second-order valence-electron chi connectivity index (χ2n) is 7.98. The molecule has 0 spiro atoms. The molecule has 9 heteroatoms. The highest BCUT2D eigenvalue weighted by Gasteiger charge is 2.25. The zero-order valence-corrected chi connectivity index (χ0v) is 25.2. The molecule has 0 saturated carbocycles. The third kappa shape index (κ3) is 15.0. The van der Waals surface area contributed by atoms with Gasteiger partial charge in [0.2, 0.25) is 18.2 Å². The molecule has 3 amide bonds. The minimum absolute atomic E-state index is 0.0752. The van der Waals surface area contributed by atoms with Gasteiger partial charge in [-0.15, -0.1) is 6.58 Å². The summed E-state index contributed by atoms with van der Waals surface area (Å²) >= 11 is 0. The van der Waals surface area contributed by atoms with E-state index in [0.29, 0.717) is 19.4 Å². The highest BCUT2D eigenvalue weighted by atomic mass is 16.4. The van der Waals surface area contributed by atoms with Gasteiger partial charge in [-0.1, -0.05) is 88.4 Å². The lowest BCUT2D eigenvalue weighted by Crippen LogP contribution is -2.50. The number of benzene rings is 2. The summed E-state index contributed by atoms with van der Waals surface area (Å²) in [5, 5.41) is 25.9. The maximum absolute atomic E-state index is 11.8. The van der Waals surface area contributed by atoms with E-state index in [0.717, 1.165) is 23.1 Å². The number of hydrogen-bond donors (Lipinski definition) is 5. The maximum atomic E-state index is 11.8. The van der Waals surface area contributed by atoms with Gasteiger partial charge < -0.3 is 26.0 Å². The summed E-state index contributed by atoms with van der Waals surface area (Å²) in [6.07, 6.45) is 3.22. The highest BCUT2D eigenvalue weighted by Crippen LogP contribution is 2.32. The summed E-state index contributed by atoms with van der Waals surface area (Å²) in [6.45, 7) is 17.7. The van der Waals surface area contributed by atoms with Gasteiger partial charge in [0.1, 0.15) is 0 Å². The molecule has 0 bridgehead atoms. The van der Waals surface area contributed by atoms with Crippen molar-refractivity contribution in [2.24, 2.45) is 0 Å². The summed E-state index contributed by atoms with van der Waals surface area (Å²) in [5.41, 5.74) is 5.39. The van der Waals surface area contributed by atoms with Crippen LogP contribution in [0.25, 0.3) is 5.57 Å². The minimum Gasteiger partial charge on any atom is -0.426 e. The lowest BCUT2D eigenvalue weighted by atomic mass is 9.76. The van der Waals surface area contributed by atoms with Gasteiger partial charge in [-0.3, -0.25) is 14.4 Å². The van der Waals surface area contributed by atoms with Gasteiger partial charge in [0.05, 0.1) is 12.5 Å². The zero-order chi connectivity index (χ0) is 30.9. The monoisotopic (exact) mass is 553 g/mol. The average Bonchev–Trinajstić information content (AvgIpc) is 3.31. The predicted molar refractivity (Wildman–Crippen MR) is 166 cm³/mol. The molecule has 2 aromatic carbocycles. The maximum Gasteiger partial charge on any atom is 0.475 e. The second kappa shape index (κ2) is 24.4. The van der Waals surface area contributed by atoms with Gasteiger partial charge in [0.25, 0.3) is 0 Å². The van der Waals surface area contributed by atoms with Crippen LogP contribution in [0.4, 0.5) is 0 Å². The molecule has 0 fully saturated rings. The Bertz CT molecular complexity index is 1030. The minimum atomic E-state index is -1.66. The first-order valence-electron chi connectivity index (χ1n) is 13.8. The van der Waals surface area contributed by atoms with Crippen molar-refractivity contribution in [2.45, 2.75) is 67.2 Å². The van der Waals surface area contributed by atoms with Crippen molar-refractivity contribution in [2.75, 3.05) is 13.1 Å². The van der Waals surface area contributed by atoms with E-state index in [4.69, 9.17) is 0 Å². The van der Waals surface area contributed by atoms with Gasteiger partial charge in [0, 0.05) is 18.5 Å². The third-order valence-electron chi connectivity index (χ3n) is 5.20. The summed E-state index contributed by atoms with van der Waals surface area (Å²) in [7, 11) is -1.66.